The number of benzene rings is 1. The third kappa shape index (κ3) is 5.21. The molecule has 0 spiro atoms. The lowest BCUT2D eigenvalue weighted by atomic mass is 10.2. The summed E-state index contributed by atoms with van der Waals surface area (Å²) in [6.45, 7) is 5.40. The van der Waals surface area contributed by atoms with Crippen LogP contribution in [0.5, 0.6) is 0 Å². The van der Waals surface area contributed by atoms with Gasteiger partial charge in [0.15, 0.2) is 0 Å². The molecule has 1 aromatic rings. The average molecular weight is 237 g/mol. The Morgan fingerprint density at radius 3 is 2.47 bits per heavy atom. The van der Waals surface area contributed by atoms with Crippen LogP contribution < -0.4 is 16.4 Å². The van der Waals surface area contributed by atoms with Crippen LogP contribution in [-0.4, -0.2) is 25.3 Å². The minimum absolute atomic E-state index is 0.241. The number of nitrogens with one attached hydrogen (secondary N) is 2. The first-order valence-electron chi connectivity index (χ1n) is 5.62. The Hall–Kier alpha value is -1.75. The third-order valence-corrected chi connectivity index (χ3v) is 2.14. The maximum absolute atomic E-state index is 10.6. The van der Waals surface area contributed by atoms with Crippen LogP contribution in [0.3, 0.4) is 0 Å². The number of hydrogen-bond acceptors (Lipinski definition) is 3. The van der Waals surface area contributed by atoms with Crippen molar-refractivity contribution in [2.75, 3.05) is 23.8 Å². The highest BCUT2D eigenvalue weighted by atomic mass is 16.5. The maximum atomic E-state index is 10.6. The number of urea groups is 1. The Morgan fingerprint density at radius 2 is 1.94 bits per heavy atom. The first-order chi connectivity index (χ1) is 8.11. The predicted molar refractivity (Wildman–Crippen MR) is 69.2 cm³/mol. The SMILES string of the molecule is CCOCC(C)Nc1ccc(NC(N)=O)cc1. The molecule has 0 aliphatic rings. The van der Waals surface area contributed by atoms with E-state index < -0.39 is 6.03 Å². The zero-order valence-electron chi connectivity index (χ0n) is 10.2. The van der Waals surface area contributed by atoms with Crippen LogP contribution in [0.25, 0.3) is 0 Å². The highest BCUT2D eigenvalue weighted by molar-refractivity contribution is 5.87. The molecule has 0 bridgehead atoms. The zero-order valence-corrected chi connectivity index (χ0v) is 10.2. The molecule has 0 heterocycles. The molecule has 0 aromatic heterocycles. The van der Waals surface area contributed by atoms with Crippen molar-refractivity contribution in [3.05, 3.63) is 24.3 Å². The Kier molecular flexibility index (Phi) is 5.29. The molecule has 1 rings (SSSR count). The highest BCUT2D eigenvalue weighted by Crippen LogP contribution is 2.14. The number of rotatable bonds is 6. The number of anilines is 2. The molecule has 5 nitrogen and oxygen atoms in total. The number of primary amides is 1. The molecule has 1 aromatic carbocycles. The predicted octanol–water partition coefficient (Wildman–Crippen LogP) is 2.01. The van der Waals surface area contributed by atoms with Crippen molar-refractivity contribution in [2.45, 2.75) is 19.9 Å². The van der Waals surface area contributed by atoms with Crippen LogP contribution in [0.2, 0.25) is 0 Å². The van der Waals surface area contributed by atoms with Crippen molar-refractivity contribution in [1.82, 2.24) is 0 Å². The monoisotopic (exact) mass is 237 g/mol. The fraction of sp³-hybridized carbons (Fsp3) is 0.417. The molecule has 0 saturated carbocycles. The molecule has 0 radical (unpaired) electrons. The minimum Gasteiger partial charge on any atom is -0.380 e. The largest absolute Gasteiger partial charge is 0.380 e. The fourth-order valence-corrected chi connectivity index (χ4v) is 1.41. The number of carbonyl (C=O) groups is 1. The van der Waals surface area contributed by atoms with Crippen LogP contribution >= 0.6 is 0 Å². The van der Waals surface area contributed by atoms with Crippen molar-refractivity contribution in [2.24, 2.45) is 5.73 Å². The summed E-state index contributed by atoms with van der Waals surface area (Å²) in [7, 11) is 0. The van der Waals surface area contributed by atoms with Crippen LogP contribution in [0.15, 0.2) is 24.3 Å². The van der Waals surface area contributed by atoms with Gasteiger partial charge in [0, 0.05) is 24.0 Å². The number of ether oxygens (including phenoxy) is 1. The molecule has 0 saturated heterocycles. The van der Waals surface area contributed by atoms with Gasteiger partial charge in [-0.1, -0.05) is 0 Å². The lowest BCUT2D eigenvalue weighted by molar-refractivity contribution is 0.141. The second kappa shape index (κ2) is 6.75. The summed E-state index contributed by atoms with van der Waals surface area (Å²) >= 11 is 0. The lowest BCUT2D eigenvalue weighted by Crippen LogP contribution is -2.22. The molecule has 0 fully saturated rings. The maximum Gasteiger partial charge on any atom is 0.316 e. The topological polar surface area (TPSA) is 76.4 Å². The summed E-state index contributed by atoms with van der Waals surface area (Å²) in [4.78, 5) is 10.6. The lowest BCUT2D eigenvalue weighted by Gasteiger charge is -2.15. The Labute approximate surface area is 101 Å². The van der Waals surface area contributed by atoms with Crippen molar-refractivity contribution < 1.29 is 9.53 Å². The van der Waals surface area contributed by atoms with E-state index >= 15 is 0 Å². The van der Waals surface area contributed by atoms with E-state index in [4.69, 9.17) is 10.5 Å². The van der Waals surface area contributed by atoms with Gasteiger partial charge in [0.05, 0.1) is 6.61 Å². The number of hydrogen-bond donors (Lipinski definition) is 3. The molecular formula is C12H19N3O2. The van der Waals surface area contributed by atoms with Crippen molar-refractivity contribution in [3.63, 3.8) is 0 Å². The van der Waals surface area contributed by atoms with E-state index in [1.807, 2.05) is 26.0 Å². The number of amides is 2. The van der Waals surface area contributed by atoms with Gasteiger partial charge in [-0.25, -0.2) is 4.79 Å². The normalized spacial score (nSPS) is 11.9. The van der Waals surface area contributed by atoms with E-state index in [9.17, 15) is 4.79 Å². The Bertz CT molecular complexity index is 351. The van der Waals surface area contributed by atoms with Gasteiger partial charge in [-0.05, 0) is 38.1 Å². The van der Waals surface area contributed by atoms with E-state index in [2.05, 4.69) is 10.6 Å². The Morgan fingerprint density at radius 1 is 1.35 bits per heavy atom. The zero-order chi connectivity index (χ0) is 12.7. The summed E-state index contributed by atoms with van der Waals surface area (Å²) in [6, 6.07) is 7.03. The molecule has 1 atom stereocenters. The van der Waals surface area contributed by atoms with Gasteiger partial charge in [0.2, 0.25) is 0 Å². The smallest absolute Gasteiger partial charge is 0.316 e. The first-order valence-corrected chi connectivity index (χ1v) is 5.62. The molecule has 0 aliphatic carbocycles. The van der Waals surface area contributed by atoms with Gasteiger partial charge < -0.3 is 21.1 Å². The molecule has 5 heteroatoms. The third-order valence-electron chi connectivity index (χ3n) is 2.14. The van der Waals surface area contributed by atoms with Gasteiger partial charge in [-0.3, -0.25) is 0 Å². The van der Waals surface area contributed by atoms with E-state index in [0.29, 0.717) is 18.9 Å². The molecule has 1 unspecified atom stereocenters. The molecule has 4 N–H and O–H groups in total. The van der Waals surface area contributed by atoms with Crippen LogP contribution in [-0.2, 0) is 4.74 Å². The Balaban J connectivity index is 2.47. The van der Waals surface area contributed by atoms with Crippen LogP contribution in [0.1, 0.15) is 13.8 Å². The average Bonchev–Trinajstić information content (AvgIpc) is 2.28. The molecule has 0 aliphatic heterocycles. The summed E-state index contributed by atoms with van der Waals surface area (Å²) < 4.78 is 5.31. The van der Waals surface area contributed by atoms with Crippen LogP contribution in [0.4, 0.5) is 16.2 Å². The van der Waals surface area contributed by atoms with Crippen molar-refractivity contribution >= 4 is 17.4 Å². The van der Waals surface area contributed by atoms with Crippen LogP contribution in [0, 0.1) is 0 Å². The molecule has 2 amide bonds. The number of nitrogens with two attached hydrogens (primary N) is 1. The van der Waals surface area contributed by atoms with Gasteiger partial charge in [-0.15, -0.1) is 0 Å². The standard InChI is InChI=1S/C12H19N3O2/c1-3-17-8-9(2)14-10-4-6-11(7-5-10)15-12(13)16/h4-7,9,14H,3,8H2,1-2H3,(H3,13,15,16). The van der Waals surface area contributed by atoms with E-state index in [-0.39, 0.29) is 6.04 Å². The summed E-state index contributed by atoms with van der Waals surface area (Å²) in [6.07, 6.45) is 0. The van der Waals surface area contributed by atoms with Crippen molar-refractivity contribution in [1.29, 1.82) is 0 Å². The van der Waals surface area contributed by atoms with E-state index in [0.717, 1.165) is 5.69 Å². The second-order valence-corrected chi connectivity index (χ2v) is 3.77. The number of carbonyl (C=O) groups excluding carboxylic acids is 1. The summed E-state index contributed by atoms with van der Waals surface area (Å²) in [5.41, 5.74) is 6.68. The van der Waals surface area contributed by atoms with E-state index in [1.54, 1.807) is 12.1 Å². The second-order valence-electron chi connectivity index (χ2n) is 3.77. The van der Waals surface area contributed by atoms with Gasteiger partial charge in [-0.2, -0.15) is 0 Å². The van der Waals surface area contributed by atoms with E-state index in [1.165, 1.54) is 0 Å². The van der Waals surface area contributed by atoms with Gasteiger partial charge >= 0.3 is 6.03 Å². The van der Waals surface area contributed by atoms with Crippen molar-refractivity contribution in [3.8, 4) is 0 Å². The molecule has 17 heavy (non-hydrogen) atoms. The minimum atomic E-state index is -0.560. The first kappa shape index (κ1) is 13.3. The summed E-state index contributed by atoms with van der Waals surface area (Å²) in [5.74, 6) is 0. The summed E-state index contributed by atoms with van der Waals surface area (Å²) in [5, 5.41) is 5.79. The molecule has 94 valence electrons. The molecular weight excluding hydrogens is 218 g/mol. The van der Waals surface area contributed by atoms with Gasteiger partial charge in [0.25, 0.3) is 0 Å². The fourth-order valence-electron chi connectivity index (χ4n) is 1.41. The highest BCUT2D eigenvalue weighted by Gasteiger charge is 2.02. The van der Waals surface area contributed by atoms with Gasteiger partial charge in [0.1, 0.15) is 0 Å². The quantitative estimate of drug-likeness (QED) is 0.708.